The first-order valence-corrected chi connectivity index (χ1v) is 3.97. The number of hydrogen-bond donors (Lipinski definition) is 1. The van der Waals surface area contributed by atoms with Crippen molar-refractivity contribution in [2.24, 2.45) is 5.41 Å². The largest absolute Gasteiger partial charge is 2.00 e. The fourth-order valence-electron chi connectivity index (χ4n) is 0. The Morgan fingerprint density at radius 2 is 1.33 bits per heavy atom. The van der Waals surface area contributed by atoms with Crippen molar-refractivity contribution in [2.45, 2.75) is 32.9 Å². The van der Waals surface area contributed by atoms with Gasteiger partial charge in [-0.15, -0.1) is 0 Å². The Morgan fingerprint density at radius 3 is 1.33 bits per heavy atom. The molecule has 1 N–H and O–H groups in total. The van der Waals surface area contributed by atoms with E-state index < -0.39 is 5.22 Å². The van der Waals surface area contributed by atoms with Crippen molar-refractivity contribution in [2.75, 3.05) is 0 Å². The quantitative estimate of drug-likeness (QED) is 0.491. The van der Waals surface area contributed by atoms with Crippen LogP contribution in [0.5, 0.6) is 0 Å². The molecular weight excluding hydrogens is 140 g/mol. The monoisotopic (exact) mass is 158 g/mol. The van der Waals surface area contributed by atoms with Crippen molar-refractivity contribution in [3.8, 4) is 0 Å². The molecule has 9 heavy (non-hydrogen) atoms. The summed E-state index contributed by atoms with van der Waals surface area (Å²) in [6.07, 6.45) is 0. The van der Waals surface area contributed by atoms with E-state index in [1.165, 1.54) is 0 Å². The summed E-state index contributed by atoms with van der Waals surface area (Å²) in [5, 5.41) is 8.99. The summed E-state index contributed by atoms with van der Waals surface area (Å²) in [7, 11) is 0.843. The minimum Gasteiger partial charge on any atom is -1.00 e. The average Bonchev–Trinajstić information content (AvgIpc) is 1.25. The van der Waals surface area contributed by atoms with Gasteiger partial charge in [0, 0.05) is 15.5 Å². The molecule has 54 valence electrons. The van der Waals surface area contributed by atoms with Crippen LogP contribution in [0.3, 0.4) is 0 Å². The van der Waals surface area contributed by atoms with Crippen LogP contribution in [0.25, 0.3) is 0 Å². The molecule has 0 aliphatic heterocycles. The molecule has 0 aromatic heterocycles. The maximum Gasteiger partial charge on any atom is 2.00 e. The fourth-order valence-corrected chi connectivity index (χ4v) is 0. The zero-order chi connectivity index (χ0) is 7.00. The van der Waals surface area contributed by atoms with Gasteiger partial charge in [0.1, 0.15) is 0 Å². The maximum atomic E-state index is 9.42. The maximum absolute atomic E-state index is 9.42. The van der Waals surface area contributed by atoms with Crippen molar-refractivity contribution in [1.82, 2.24) is 0 Å². The molecule has 0 rings (SSSR count). The van der Waals surface area contributed by atoms with Gasteiger partial charge in [0.25, 0.3) is 0 Å². The Balaban J connectivity index is -0.0000000817. The van der Waals surface area contributed by atoms with Crippen molar-refractivity contribution >= 4 is 33.3 Å². The summed E-state index contributed by atoms with van der Waals surface area (Å²) >= 11 is 0. The molecule has 1 unspecified atom stereocenters. The summed E-state index contributed by atoms with van der Waals surface area (Å²) in [6.45, 7) is 8.05. The van der Waals surface area contributed by atoms with Gasteiger partial charge in [0.05, 0.1) is 0 Å². The predicted molar refractivity (Wildman–Crippen MR) is 48.0 cm³/mol. The Kier molecular flexibility index (Phi) is 4.72. The van der Waals surface area contributed by atoms with E-state index in [4.69, 9.17) is 0 Å². The number of rotatable bonds is 0. The van der Waals surface area contributed by atoms with E-state index in [0.717, 1.165) is 10.2 Å². The molecule has 0 fully saturated rings. The molecule has 0 aliphatic carbocycles. The Hall–Kier alpha value is 0.943. The van der Waals surface area contributed by atoms with Crippen molar-refractivity contribution in [3.63, 3.8) is 0 Å². The van der Waals surface area contributed by atoms with Crippen LogP contribution in [0.1, 0.15) is 30.5 Å². The van der Waals surface area contributed by atoms with Crippen LogP contribution in [0.4, 0.5) is 0 Å². The van der Waals surface area contributed by atoms with E-state index in [1.54, 1.807) is 0 Å². The van der Waals surface area contributed by atoms with Gasteiger partial charge in [-0.2, -0.15) is 0 Å². The molecule has 0 spiro atoms. The smallest absolute Gasteiger partial charge is 1.00 e. The molecule has 0 heterocycles. The summed E-state index contributed by atoms with van der Waals surface area (Å²) in [5.41, 5.74) is 0.0548. The zero-order valence-electron chi connectivity index (χ0n) is 9.15. The molecule has 0 aromatic carbocycles. The minimum absolute atomic E-state index is 0. The van der Waals surface area contributed by atoms with Crippen LogP contribution < -0.4 is 0 Å². The van der Waals surface area contributed by atoms with E-state index in [2.05, 4.69) is 20.8 Å². The van der Waals surface area contributed by atoms with E-state index in [-0.39, 0.29) is 31.3 Å². The Bertz CT molecular complexity index is 75.6. The van der Waals surface area contributed by atoms with Crippen molar-refractivity contribution < 1.29 is 7.96 Å². The van der Waals surface area contributed by atoms with Gasteiger partial charge >= 0.3 is 23.1 Å². The van der Waals surface area contributed by atoms with E-state index >= 15 is 0 Å². The van der Waals surface area contributed by atoms with Crippen LogP contribution in [-0.4, -0.2) is 43.6 Å². The fraction of sp³-hybridized carbons (Fsp3) is 1.00. The topological polar surface area (TPSA) is 20.2 Å². The standard InChI is InChI=1S/C6H16OSi.Mg.2H/c1-5(2,3)6(4,7)8;;;/h7H,1-4,8H3;;;/q;+2;2*-1. The minimum atomic E-state index is -0.424. The van der Waals surface area contributed by atoms with Gasteiger partial charge in [-0.25, -0.2) is 0 Å². The molecule has 0 saturated heterocycles. The van der Waals surface area contributed by atoms with Gasteiger partial charge < -0.3 is 7.96 Å². The SMILES string of the molecule is CC(C)(C)C(C)(O)[SiH3].[H-].[H-].[Mg+2]. The normalized spacial score (nSPS) is 18.3. The second-order valence-electron chi connectivity index (χ2n) is 3.81. The van der Waals surface area contributed by atoms with Crippen LogP contribution in [0.15, 0.2) is 0 Å². The van der Waals surface area contributed by atoms with E-state index in [0.29, 0.717) is 0 Å². The van der Waals surface area contributed by atoms with E-state index in [1.807, 2.05) is 6.92 Å². The van der Waals surface area contributed by atoms with Crippen LogP contribution in [-0.2, 0) is 0 Å². The van der Waals surface area contributed by atoms with Crippen molar-refractivity contribution in [3.05, 3.63) is 0 Å². The first-order valence-electron chi connectivity index (χ1n) is 2.97. The Labute approximate surface area is 79.8 Å². The van der Waals surface area contributed by atoms with Crippen LogP contribution in [0, 0.1) is 5.41 Å². The summed E-state index contributed by atoms with van der Waals surface area (Å²) in [5.74, 6) is 0. The molecule has 0 saturated carbocycles. The van der Waals surface area contributed by atoms with E-state index in [9.17, 15) is 5.11 Å². The second kappa shape index (κ2) is 3.37. The molecule has 0 aliphatic rings. The molecule has 1 nitrogen and oxygen atoms in total. The molecule has 0 aromatic rings. The van der Waals surface area contributed by atoms with Gasteiger partial charge in [-0.3, -0.25) is 0 Å². The van der Waals surface area contributed by atoms with Gasteiger partial charge in [0.2, 0.25) is 0 Å². The van der Waals surface area contributed by atoms with Crippen molar-refractivity contribution in [1.29, 1.82) is 0 Å². The molecule has 3 heteroatoms. The summed E-state index contributed by atoms with van der Waals surface area (Å²) in [4.78, 5) is 0. The number of hydrogen-bond acceptors (Lipinski definition) is 1. The molecule has 0 amide bonds. The van der Waals surface area contributed by atoms with Crippen LogP contribution in [0.2, 0.25) is 0 Å². The predicted octanol–water partition coefficient (Wildman–Crippen LogP) is -0.0494. The third kappa shape index (κ3) is 4.36. The summed E-state index contributed by atoms with van der Waals surface area (Å²) in [6, 6.07) is 0. The second-order valence-corrected chi connectivity index (χ2v) is 5.76. The molecule has 0 bridgehead atoms. The molecule has 1 atom stereocenters. The third-order valence-electron chi connectivity index (χ3n) is 1.84. The van der Waals surface area contributed by atoms with Gasteiger partial charge in [0.15, 0.2) is 0 Å². The third-order valence-corrected chi connectivity index (χ3v) is 3.34. The zero-order valence-corrected chi connectivity index (χ0v) is 10.6. The molecular formula is C6H18MgOSi. The first kappa shape index (κ1) is 12.6. The van der Waals surface area contributed by atoms with Gasteiger partial charge in [-0.05, 0) is 12.3 Å². The average molecular weight is 159 g/mol. The first-order chi connectivity index (χ1) is 3.25. The summed E-state index contributed by atoms with van der Waals surface area (Å²) < 4.78 is 0. The van der Waals surface area contributed by atoms with Gasteiger partial charge in [-0.1, -0.05) is 20.8 Å². The Morgan fingerprint density at radius 1 is 1.22 bits per heavy atom. The number of aliphatic hydroxyl groups is 1. The molecule has 0 radical (unpaired) electrons. The van der Waals surface area contributed by atoms with Crippen LogP contribution >= 0.6 is 0 Å².